The number of methoxy groups -OCH3 is 1. The second kappa shape index (κ2) is 5.77. The highest BCUT2D eigenvalue weighted by Gasteiger charge is 2.12. The van der Waals surface area contributed by atoms with Crippen LogP contribution in [0, 0.1) is 0 Å². The Labute approximate surface area is 126 Å². The molecule has 2 aromatic carbocycles. The molecule has 0 spiro atoms. The van der Waals surface area contributed by atoms with Gasteiger partial charge in [0, 0.05) is 23.7 Å². The molecular weight excluding hydrogens is 316 g/mol. The van der Waals surface area contributed by atoms with Gasteiger partial charge in [-0.25, -0.2) is 4.98 Å². The summed E-state index contributed by atoms with van der Waals surface area (Å²) in [5.41, 5.74) is 3.25. The van der Waals surface area contributed by atoms with E-state index in [0.717, 1.165) is 33.4 Å². The van der Waals surface area contributed by atoms with Gasteiger partial charge in [0.05, 0.1) is 17.6 Å². The fourth-order valence-electron chi connectivity index (χ4n) is 2.33. The van der Waals surface area contributed by atoms with E-state index in [1.807, 2.05) is 30.3 Å². The first-order chi connectivity index (χ1) is 9.79. The molecule has 3 rings (SSSR count). The Balaban J connectivity index is 2.18. The van der Waals surface area contributed by atoms with Gasteiger partial charge in [0.25, 0.3) is 0 Å². The first-order valence-corrected chi connectivity index (χ1v) is 7.29. The number of rotatable bonds is 4. The molecule has 0 aliphatic rings. The maximum atomic E-state index is 5.22. The van der Waals surface area contributed by atoms with E-state index in [-0.39, 0.29) is 0 Å². The zero-order valence-electron chi connectivity index (χ0n) is 11.2. The summed E-state index contributed by atoms with van der Waals surface area (Å²) in [6.07, 6.45) is 0. The van der Waals surface area contributed by atoms with Crippen molar-refractivity contribution in [1.82, 2.24) is 9.55 Å². The van der Waals surface area contributed by atoms with Crippen LogP contribution in [0.4, 0.5) is 0 Å². The minimum Gasteiger partial charge on any atom is -0.383 e. The summed E-state index contributed by atoms with van der Waals surface area (Å²) in [5.74, 6) is 0.976. The first-order valence-electron chi connectivity index (χ1n) is 6.50. The SMILES string of the molecule is COCCn1c(-c2cccc(Br)c2)nc2ccccc21. The average molecular weight is 331 g/mol. The lowest BCUT2D eigenvalue weighted by molar-refractivity contribution is 0.188. The lowest BCUT2D eigenvalue weighted by Crippen LogP contribution is -2.05. The van der Waals surface area contributed by atoms with E-state index < -0.39 is 0 Å². The Bertz CT molecular complexity index is 736. The molecule has 0 saturated heterocycles. The Morgan fingerprint density at radius 3 is 2.80 bits per heavy atom. The molecule has 0 aliphatic carbocycles. The highest BCUT2D eigenvalue weighted by molar-refractivity contribution is 9.10. The van der Waals surface area contributed by atoms with Crippen LogP contribution in [-0.2, 0) is 11.3 Å². The molecule has 3 aromatic rings. The van der Waals surface area contributed by atoms with Crippen LogP contribution in [0.15, 0.2) is 53.0 Å². The molecule has 0 radical (unpaired) electrons. The summed E-state index contributed by atoms with van der Waals surface area (Å²) < 4.78 is 8.49. The molecule has 0 aliphatic heterocycles. The van der Waals surface area contributed by atoms with E-state index in [1.165, 1.54) is 0 Å². The van der Waals surface area contributed by atoms with Crippen molar-refractivity contribution < 1.29 is 4.74 Å². The van der Waals surface area contributed by atoms with E-state index in [2.05, 4.69) is 38.7 Å². The summed E-state index contributed by atoms with van der Waals surface area (Å²) in [4.78, 5) is 4.76. The predicted molar refractivity (Wildman–Crippen MR) is 84.7 cm³/mol. The molecule has 0 saturated carbocycles. The van der Waals surface area contributed by atoms with Crippen LogP contribution >= 0.6 is 15.9 Å². The van der Waals surface area contributed by atoms with Gasteiger partial charge in [-0.15, -0.1) is 0 Å². The number of hydrogen-bond donors (Lipinski definition) is 0. The molecule has 20 heavy (non-hydrogen) atoms. The third kappa shape index (κ3) is 2.49. The zero-order valence-corrected chi connectivity index (χ0v) is 12.8. The third-order valence-corrected chi connectivity index (χ3v) is 3.75. The normalized spacial score (nSPS) is 11.1. The highest BCUT2D eigenvalue weighted by atomic mass is 79.9. The van der Waals surface area contributed by atoms with Crippen molar-refractivity contribution in [2.45, 2.75) is 6.54 Å². The molecule has 102 valence electrons. The molecule has 0 fully saturated rings. The van der Waals surface area contributed by atoms with E-state index in [1.54, 1.807) is 7.11 Å². The Kier molecular flexibility index (Phi) is 3.85. The van der Waals surface area contributed by atoms with Gasteiger partial charge >= 0.3 is 0 Å². The van der Waals surface area contributed by atoms with Gasteiger partial charge in [0.15, 0.2) is 0 Å². The topological polar surface area (TPSA) is 27.1 Å². The van der Waals surface area contributed by atoms with Crippen molar-refractivity contribution in [3.05, 3.63) is 53.0 Å². The molecule has 3 nitrogen and oxygen atoms in total. The maximum absolute atomic E-state index is 5.22. The number of nitrogens with zero attached hydrogens (tertiary/aromatic N) is 2. The molecule has 0 atom stereocenters. The maximum Gasteiger partial charge on any atom is 0.141 e. The van der Waals surface area contributed by atoms with Crippen LogP contribution < -0.4 is 0 Å². The number of benzene rings is 2. The van der Waals surface area contributed by atoms with Crippen LogP contribution in [0.2, 0.25) is 0 Å². The third-order valence-electron chi connectivity index (χ3n) is 3.26. The monoisotopic (exact) mass is 330 g/mol. The minimum absolute atomic E-state index is 0.668. The van der Waals surface area contributed by atoms with Crippen LogP contribution in [0.3, 0.4) is 0 Å². The first kappa shape index (κ1) is 13.3. The van der Waals surface area contributed by atoms with Crippen molar-refractivity contribution in [3.63, 3.8) is 0 Å². The zero-order chi connectivity index (χ0) is 13.9. The average Bonchev–Trinajstić information content (AvgIpc) is 2.84. The smallest absolute Gasteiger partial charge is 0.141 e. The molecule has 1 heterocycles. The molecule has 0 N–H and O–H groups in total. The van der Waals surface area contributed by atoms with E-state index in [9.17, 15) is 0 Å². The van der Waals surface area contributed by atoms with E-state index in [4.69, 9.17) is 9.72 Å². The molecule has 0 unspecified atom stereocenters. The van der Waals surface area contributed by atoms with Gasteiger partial charge in [0.2, 0.25) is 0 Å². The number of hydrogen-bond acceptors (Lipinski definition) is 2. The number of halogens is 1. The van der Waals surface area contributed by atoms with Gasteiger partial charge in [0.1, 0.15) is 5.82 Å². The van der Waals surface area contributed by atoms with Crippen molar-refractivity contribution >= 4 is 27.0 Å². The number of fused-ring (bicyclic) bond motifs is 1. The molecule has 1 aromatic heterocycles. The second-order valence-corrected chi connectivity index (χ2v) is 5.49. The van der Waals surface area contributed by atoms with Crippen molar-refractivity contribution in [1.29, 1.82) is 0 Å². The van der Waals surface area contributed by atoms with Crippen LogP contribution in [0.1, 0.15) is 0 Å². The fourth-order valence-corrected chi connectivity index (χ4v) is 2.73. The molecule has 0 amide bonds. The van der Waals surface area contributed by atoms with Gasteiger partial charge in [-0.2, -0.15) is 0 Å². The standard InChI is InChI=1S/C16H15BrN2O/c1-20-10-9-19-15-8-3-2-7-14(15)18-16(19)12-5-4-6-13(17)11-12/h2-8,11H,9-10H2,1H3. The van der Waals surface area contributed by atoms with Gasteiger partial charge in [-0.05, 0) is 24.3 Å². The van der Waals surface area contributed by atoms with Crippen LogP contribution in [-0.4, -0.2) is 23.3 Å². The van der Waals surface area contributed by atoms with Crippen molar-refractivity contribution in [3.8, 4) is 11.4 Å². The van der Waals surface area contributed by atoms with Gasteiger partial charge < -0.3 is 9.30 Å². The molecule has 0 bridgehead atoms. The lowest BCUT2D eigenvalue weighted by Gasteiger charge is -2.09. The quantitative estimate of drug-likeness (QED) is 0.719. The molecular formula is C16H15BrN2O. The fraction of sp³-hybridized carbons (Fsp3) is 0.188. The summed E-state index contributed by atoms with van der Waals surface area (Å²) >= 11 is 3.52. The highest BCUT2D eigenvalue weighted by Crippen LogP contribution is 2.26. The van der Waals surface area contributed by atoms with E-state index >= 15 is 0 Å². The van der Waals surface area contributed by atoms with Crippen LogP contribution in [0.25, 0.3) is 22.4 Å². The van der Waals surface area contributed by atoms with E-state index in [0.29, 0.717) is 6.61 Å². The van der Waals surface area contributed by atoms with Crippen LogP contribution in [0.5, 0.6) is 0 Å². The predicted octanol–water partition coefficient (Wildman–Crippen LogP) is 4.11. The second-order valence-electron chi connectivity index (χ2n) is 4.58. The molecule has 4 heteroatoms. The Morgan fingerprint density at radius 1 is 1.15 bits per heavy atom. The summed E-state index contributed by atoms with van der Waals surface area (Å²) in [6, 6.07) is 16.4. The Hall–Kier alpha value is -1.65. The summed E-state index contributed by atoms with van der Waals surface area (Å²) in [6.45, 7) is 1.46. The van der Waals surface area contributed by atoms with Gasteiger partial charge in [-0.1, -0.05) is 40.2 Å². The lowest BCUT2D eigenvalue weighted by atomic mass is 10.2. The minimum atomic E-state index is 0.668. The van der Waals surface area contributed by atoms with Gasteiger partial charge in [-0.3, -0.25) is 0 Å². The number of aromatic nitrogens is 2. The Morgan fingerprint density at radius 2 is 2.00 bits per heavy atom. The van der Waals surface area contributed by atoms with Crippen molar-refractivity contribution in [2.75, 3.05) is 13.7 Å². The number of ether oxygens (including phenoxy) is 1. The summed E-state index contributed by atoms with van der Waals surface area (Å²) in [5, 5.41) is 0. The van der Waals surface area contributed by atoms with Crippen molar-refractivity contribution in [2.24, 2.45) is 0 Å². The largest absolute Gasteiger partial charge is 0.383 e. The summed E-state index contributed by atoms with van der Waals surface area (Å²) in [7, 11) is 1.72. The number of imidazole rings is 1. The number of para-hydroxylation sites is 2.